The Morgan fingerprint density at radius 1 is 1.05 bits per heavy atom. The van der Waals surface area contributed by atoms with Crippen molar-refractivity contribution in [2.75, 3.05) is 12.0 Å². The maximum Gasteiger partial charge on any atom is 0.128 e. The number of hydrogen-bond donors (Lipinski definition) is 1. The van der Waals surface area contributed by atoms with E-state index in [9.17, 15) is 0 Å². The largest absolute Gasteiger partial charge is 0.489 e. The second-order valence-electron chi connectivity index (χ2n) is 3.87. The molecule has 2 aromatic rings. The molecule has 3 heteroatoms. The van der Waals surface area contributed by atoms with Crippen LogP contribution < -0.4 is 10.2 Å². The van der Waals surface area contributed by atoms with Crippen molar-refractivity contribution >= 4 is 11.9 Å². The summed E-state index contributed by atoms with van der Waals surface area (Å²) >= 11 is 0. The highest BCUT2D eigenvalue weighted by molar-refractivity contribution is 5.83. The van der Waals surface area contributed by atoms with Crippen LogP contribution in [-0.4, -0.2) is 12.8 Å². The van der Waals surface area contributed by atoms with E-state index in [-0.39, 0.29) is 0 Å². The minimum atomic E-state index is 0.483. The predicted molar refractivity (Wildman–Crippen MR) is 79.8 cm³/mol. The number of hydrazone groups is 1. The first-order valence-corrected chi connectivity index (χ1v) is 6.07. The van der Waals surface area contributed by atoms with Gasteiger partial charge in [-0.2, -0.15) is 5.10 Å². The fraction of sp³-hybridized carbons (Fsp3) is 0.0625. The lowest BCUT2D eigenvalue weighted by Gasteiger charge is -2.06. The Bertz CT molecular complexity index is 550. The minimum absolute atomic E-state index is 0.483. The van der Waals surface area contributed by atoms with E-state index in [1.165, 1.54) is 0 Å². The lowest BCUT2D eigenvalue weighted by atomic mass is 10.2. The third-order valence-electron chi connectivity index (χ3n) is 2.45. The first-order chi connectivity index (χ1) is 9.40. The zero-order chi connectivity index (χ0) is 13.3. The van der Waals surface area contributed by atoms with Crippen LogP contribution in [0.25, 0.3) is 0 Å². The molecule has 96 valence electrons. The molecule has 3 nitrogen and oxygen atoms in total. The lowest BCUT2D eigenvalue weighted by molar-refractivity contribution is 0.363. The number of rotatable bonds is 6. The lowest BCUT2D eigenvalue weighted by Crippen LogP contribution is -1.97. The summed E-state index contributed by atoms with van der Waals surface area (Å²) in [5.41, 5.74) is 4.84. The van der Waals surface area contributed by atoms with Crippen molar-refractivity contribution in [1.82, 2.24) is 0 Å². The molecule has 0 aliphatic rings. The molecule has 0 radical (unpaired) electrons. The number of hydrogen-bond acceptors (Lipinski definition) is 3. The van der Waals surface area contributed by atoms with Gasteiger partial charge in [0.25, 0.3) is 0 Å². The smallest absolute Gasteiger partial charge is 0.128 e. The molecular formula is C16H16N2O. The van der Waals surface area contributed by atoms with Crippen LogP contribution in [0.5, 0.6) is 5.75 Å². The van der Waals surface area contributed by atoms with Crippen LogP contribution in [0, 0.1) is 0 Å². The van der Waals surface area contributed by atoms with Gasteiger partial charge in [-0.25, -0.2) is 0 Å². The second kappa shape index (κ2) is 7.01. The van der Waals surface area contributed by atoms with Gasteiger partial charge in [-0.3, -0.25) is 5.43 Å². The summed E-state index contributed by atoms with van der Waals surface area (Å²) in [6, 6.07) is 17.5. The van der Waals surface area contributed by atoms with Crippen molar-refractivity contribution < 1.29 is 4.74 Å². The van der Waals surface area contributed by atoms with Crippen molar-refractivity contribution in [3.05, 3.63) is 72.8 Å². The third kappa shape index (κ3) is 4.00. The van der Waals surface area contributed by atoms with E-state index in [1.54, 1.807) is 12.3 Å². The van der Waals surface area contributed by atoms with Crippen LogP contribution in [0.1, 0.15) is 5.56 Å². The SMILES string of the molecule is C=CCOc1ccccc1C=NNc1ccccc1. The summed E-state index contributed by atoms with van der Waals surface area (Å²) in [6.07, 6.45) is 3.46. The van der Waals surface area contributed by atoms with Crippen LogP contribution in [0.15, 0.2) is 72.4 Å². The summed E-state index contributed by atoms with van der Waals surface area (Å²) in [6.45, 7) is 4.12. The van der Waals surface area contributed by atoms with Crippen molar-refractivity contribution in [1.29, 1.82) is 0 Å². The molecule has 0 saturated heterocycles. The molecule has 0 spiro atoms. The molecule has 2 aromatic carbocycles. The fourth-order valence-electron chi connectivity index (χ4n) is 1.56. The normalized spacial score (nSPS) is 10.3. The highest BCUT2D eigenvalue weighted by Gasteiger charge is 1.98. The molecule has 0 aliphatic heterocycles. The van der Waals surface area contributed by atoms with Crippen LogP contribution >= 0.6 is 0 Å². The van der Waals surface area contributed by atoms with Crippen molar-refractivity contribution in [3.8, 4) is 5.75 Å². The number of nitrogens with zero attached hydrogens (tertiary/aromatic N) is 1. The highest BCUT2D eigenvalue weighted by atomic mass is 16.5. The number of ether oxygens (including phenoxy) is 1. The Kier molecular flexibility index (Phi) is 4.76. The number of benzene rings is 2. The maximum absolute atomic E-state index is 5.55. The van der Waals surface area contributed by atoms with Crippen molar-refractivity contribution in [2.24, 2.45) is 5.10 Å². The van der Waals surface area contributed by atoms with Gasteiger partial charge < -0.3 is 4.74 Å². The van der Waals surface area contributed by atoms with E-state index in [1.807, 2.05) is 54.6 Å². The molecule has 0 aliphatic carbocycles. The Balaban J connectivity index is 2.04. The van der Waals surface area contributed by atoms with Gasteiger partial charge in [-0.15, -0.1) is 0 Å². The van der Waals surface area contributed by atoms with E-state index >= 15 is 0 Å². The molecule has 0 amide bonds. The van der Waals surface area contributed by atoms with Crippen LogP contribution in [0.2, 0.25) is 0 Å². The summed E-state index contributed by atoms with van der Waals surface area (Å²) in [4.78, 5) is 0. The van der Waals surface area contributed by atoms with Crippen molar-refractivity contribution in [2.45, 2.75) is 0 Å². The van der Waals surface area contributed by atoms with E-state index in [4.69, 9.17) is 4.74 Å². The highest BCUT2D eigenvalue weighted by Crippen LogP contribution is 2.16. The number of anilines is 1. The Morgan fingerprint density at radius 3 is 2.58 bits per heavy atom. The summed E-state index contributed by atoms with van der Waals surface area (Å²) in [5.74, 6) is 0.793. The number of nitrogens with one attached hydrogen (secondary N) is 1. The Morgan fingerprint density at radius 2 is 1.79 bits per heavy atom. The molecular weight excluding hydrogens is 236 g/mol. The van der Waals surface area contributed by atoms with Gasteiger partial charge in [0.1, 0.15) is 12.4 Å². The molecule has 2 rings (SSSR count). The molecule has 0 atom stereocenters. The molecule has 0 heterocycles. The van der Waals surface area contributed by atoms with Gasteiger partial charge in [-0.1, -0.05) is 43.0 Å². The average molecular weight is 252 g/mol. The van der Waals surface area contributed by atoms with Gasteiger partial charge in [-0.05, 0) is 24.3 Å². The summed E-state index contributed by atoms with van der Waals surface area (Å²) in [7, 11) is 0. The van der Waals surface area contributed by atoms with Gasteiger partial charge in [0, 0.05) is 5.56 Å². The topological polar surface area (TPSA) is 33.6 Å². The molecule has 0 unspecified atom stereocenters. The number of para-hydroxylation sites is 2. The zero-order valence-electron chi connectivity index (χ0n) is 10.6. The van der Waals surface area contributed by atoms with Gasteiger partial charge in [0.05, 0.1) is 11.9 Å². The summed E-state index contributed by atoms with van der Waals surface area (Å²) < 4.78 is 5.55. The first kappa shape index (κ1) is 12.9. The Hall–Kier alpha value is -2.55. The minimum Gasteiger partial charge on any atom is -0.489 e. The molecule has 0 saturated carbocycles. The van der Waals surface area contributed by atoms with Crippen LogP contribution in [-0.2, 0) is 0 Å². The second-order valence-corrected chi connectivity index (χ2v) is 3.87. The van der Waals surface area contributed by atoms with E-state index in [0.717, 1.165) is 17.0 Å². The summed E-state index contributed by atoms with van der Waals surface area (Å²) in [5, 5.41) is 4.20. The van der Waals surface area contributed by atoms with Gasteiger partial charge in [0.15, 0.2) is 0 Å². The quantitative estimate of drug-likeness (QED) is 0.483. The maximum atomic E-state index is 5.55. The first-order valence-electron chi connectivity index (χ1n) is 6.07. The van der Waals surface area contributed by atoms with E-state index in [2.05, 4.69) is 17.1 Å². The molecule has 1 N–H and O–H groups in total. The molecule has 0 aromatic heterocycles. The molecule has 0 fully saturated rings. The Labute approximate surface area is 113 Å². The zero-order valence-corrected chi connectivity index (χ0v) is 10.6. The average Bonchev–Trinajstić information content (AvgIpc) is 2.47. The molecule has 19 heavy (non-hydrogen) atoms. The van der Waals surface area contributed by atoms with Gasteiger partial charge in [0.2, 0.25) is 0 Å². The third-order valence-corrected chi connectivity index (χ3v) is 2.45. The van der Waals surface area contributed by atoms with E-state index in [0.29, 0.717) is 6.61 Å². The van der Waals surface area contributed by atoms with Gasteiger partial charge >= 0.3 is 0 Å². The van der Waals surface area contributed by atoms with Crippen LogP contribution in [0.3, 0.4) is 0 Å². The monoisotopic (exact) mass is 252 g/mol. The van der Waals surface area contributed by atoms with Crippen molar-refractivity contribution in [3.63, 3.8) is 0 Å². The fourth-order valence-corrected chi connectivity index (χ4v) is 1.56. The standard InChI is InChI=1S/C16H16N2O/c1-2-12-19-16-11-7-6-8-14(16)13-17-18-15-9-4-3-5-10-15/h2-11,13,18H,1,12H2. The van der Waals surface area contributed by atoms with Crippen LogP contribution in [0.4, 0.5) is 5.69 Å². The molecule has 0 bridgehead atoms. The van der Waals surface area contributed by atoms with E-state index < -0.39 is 0 Å². The predicted octanol–water partition coefficient (Wildman–Crippen LogP) is 3.70.